The monoisotopic (exact) mass is 282 g/mol. The van der Waals surface area contributed by atoms with Crippen LogP contribution in [0, 0.1) is 0 Å². The summed E-state index contributed by atoms with van der Waals surface area (Å²) in [7, 11) is 0. The van der Waals surface area contributed by atoms with E-state index in [4.69, 9.17) is 10.5 Å². The first-order chi connectivity index (χ1) is 10.2. The summed E-state index contributed by atoms with van der Waals surface area (Å²) in [4.78, 5) is 11.9. The maximum Gasteiger partial charge on any atom is 0.224 e. The summed E-state index contributed by atoms with van der Waals surface area (Å²) in [6.45, 7) is 0.530. The Bertz CT molecular complexity index is 612. The molecule has 0 aromatic heterocycles. The molecule has 3 rings (SSSR count). The van der Waals surface area contributed by atoms with Crippen LogP contribution in [0.3, 0.4) is 0 Å². The first-order valence-electron chi connectivity index (χ1n) is 7.06. The number of nitrogen functional groups attached to an aromatic ring is 1. The van der Waals surface area contributed by atoms with Crippen LogP contribution in [0.15, 0.2) is 48.5 Å². The van der Waals surface area contributed by atoms with E-state index >= 15 is 0 Å². The molecule has 4 heteroatoms. The molecule has 3 N–H and O–H groups in total. The normalized spacial score (nSPS) is 16.1. The molecule has 0 radical (unpaired) electrons. The van der Waals surface area contributed by atoms with Crippen molar-refractivity contribution in [3.63, 3.8) is 0 Å². The van der Waals surface area contributed by atoms with Crippen LogP contribution in [0.1, 0.15) is 11.1 Å². The molecule has 4 nitrogen and oxygen atoms in total. The Morgan fingerprint density at radius 3 is 2.71 bits per heavy atom. The molecule has 21 heavy (non-hydrogen) atoms. The van der Waals surface area contributed by atoms with Crippen molar-refractivity contribution in [2.24, 2.45) is 0 Å². The Balaban J connectivity index is 1.48. The third-order valence-electron chi connectivity index (χ3n) is 3.59. The van der Waals surface area contributed by atoms with Crippen LogP contribution in [0.25, 0.3) is 0 Å². The summed E-state index contributed by atoms with van der Waals surface area (Å²) in [6.07, 6.45) is 1.23. The second-order valence-electron chi connectivity index (χ2n) is 5.27. The van der Waals surface area contributed by atoms with Crippen LogP contribution in [-0.2, 0) is 17.6 Å². The van der Waals surface area contributed by atoms with E-state index in [1.54, 1.807) is 12.1 Å². The predicted molar refractivity (Wildman–Crippen MR) is 82.1 cm³/mol. The van der Waals surface area contributed by atoms with Crippen molar-refractivity contribution >= 4 is 11.6 Å². The van der Waals surface area contributed by atoms with E-state index in [1.807, 2.05) is 30.3 Å². The van der Waals surface area contributed by atoms with Gasteiger partial charge in [-0.25, -0.2) is 0 Å². The molecule has 0 aliphatic carbocycles. The van der Waals surface area contributed by atoms with Crippen molar-refractivity contribution in [2.75, 3.05) is 12.3 Å². The Kier molecular flexibility index (Phi) is 3.77. The lowest BCUT2D eigenvalue weighted by atomic mass is 10.1. The van der Waals surface area contributed by atoms with Crippen molar-refractivity contribution in [2.45, 2.75) is 18.9 Å². The third-order valence-corrected chi connectivity index (χ3v) is 3.59. The van der Waals surface area contributed by atoms with Gasteiger partial charge in [0.15, 0.2) is 0 Å². The predicted octanol–water partition coefficient (Wildman–Crippen LogP) is 1.93. The van der Waals surface area contributed by atoms with Gasteiger partial charge in [-0.15, -0.1) is 0 Å². The molecule has 0 fully saturated rings. The second kappa shape index (κ2) is 5.87. The number of carbonyl (C=O) groups excluding carboxylic acids is 1. The molecule has 0 saturated carbocycles. The highest BCUT2D eigenvalue weighted by Gasteiger charge is 2.22. The third kappa shape index (κ3) is 3.34. The van der Waals surface area contributed by atoms with E-state index in [2.05, 4.69) is 11.4 Å². The molecule has 1 amide bonds. The SMILES string of the molecule is Nc1ccc(CC(=O)NCC2Cc3ccccc3O2)cc1. The van der Waals surface area contributed by atoms with E-state index in [9.17, 15) is 4.79 Å². The van der Waals surface area contributed by atoms with Gasteiger partial charge >= 0.3 is 0 Å². The summed E-state index contributed by atoms with van der Waals surface area (Å²) < 4.78 is 5.79. The maximum absolute atomic E-state index is 11.9. The highest BCUT2D eigenvalue weighted by Crippen LogP contribution is 2.27. The van der Waals surface area contributed by atoms with Gasteiger partial charge in [-0.2, -0.15) is 0 Å². The number of benzene rings is 2. The fourth-order valence-electron chi connectivity index (χ4n) is 2.48. The Hall–Kier alpha value is -2.49. The number of carbonyl (C=O) groups is 1. The minimum absolute atomic E-state index is 0.000623. The number of hydrogen-bond acceptors (Lipinski definition) is 3. The molecular weight excluding hydrogens is 264 g/mol. The fourth-order valence-corrected chi connectivity index (χ4v) is 2.48. The molecule has 0 spiro atoms. The van der Waals surface area contributed by atoms with Gasteiger partial charge < -0.3 is 15.8 Å². The number of para-hydroxylation sites is 1. The number of nitrogens with one attached hydrogen (secondary N) is 1. The highest BCUT2D eigenvalue weighted by atomic mass is 16.5. The largest absolute Gasteiger partial charge is 0.488 e. The molecular formula is C17H18N2O2. The van der Waals surface area contributed by atoms with E-state index in [1.165, 1.54) is 5.56 Å². The second-order valence-corrected chi connectivity index (χ2v) is 5.27. The average Bonchev–Trinajstić information content (AvgIpc) is 2.90. The van der Waals surface area contributed by atoms with Crippen molar-refractivity contribution in [1.82, 2.24) is 5.32 Å². The Morgan fingerprint density at radius 1 is 1.19 bits per heavy atom. The summed E-state index contributed by atoms with van der Waals surface area (Å²) in [5.41, 5.74) is 8.49. The molecule has 1 heterocycles. The quantitative estimate of drug-likeness (QED) is 0.842. The number of amides is 1. The van der Waals surface area contributed by atoms with Gasteiger partial charge in [0, 0.05) is 12.1 Å². The van der Waals surface area contributed by atoms with Crippen LogP contribution in [0.5, 0.6) is 5.75 Å². The maximum atomic E-state index is 11.9. The zero-order valence-corrected chi connectivity index (χ0v) is 11.7. The van der Waals surface area contributed by atoms with Gasteiger partial charge in [0.25, 0.3) is 0 Å². The molecule has 108 valence electrons. The molecule has 2 aromatic rings. The van der Waals surface area contributed by atoms with E-state index in [-0.39, 0.29) is 12.0 Å². The van der Waals surface area contributed by atoms with Gasteiger partial charge in [-0.3, -0.25) is 4.79 Å². The molecule has 1 unspecified atom stereocenters. The summed E-state index contributed by atoms with van der Waals surface area (Å²) in [6, 6.07) is 15.3. The van der Waals surface area contributed by atoms with Crippen LogP contribution in [-0.4, -0.2) is 18.6 Å². The summed E-state index contributed by atoms with van der Waals surface area (Å²) in [5, 5.41) is 2.93. The van der Waals surface area contributed by atoms with Crippen molar-refractivity contribution < 1.29 is 9.53 Å². The highest BCUT2D eigenvalue weighted by molar-refractivity contribution is 5.78. The van der Waals surface area contributed by atoms with E-state index in [0.29, 0.717) is 18.7 Å². The Labute approximate surface area is 123 Å². The first-order valence-corrected chi connectivity index (χ1v) is 7.06. The molecule has 1 aliphatic heterocycles. The lowest BCUT2D eigenvalue weighted by Crippen LogP contribution is -2.35. The molecule has 2 aromatic carbocycles. The van der Waals surface area contributed by atoms with Crippen molar-refractivity contribution in [3.8, 4) is 5.75 Å². The minimum Gasteiger partial charge on any atom is -0.488 e. The van der Waals surface area contributed by atoms with Gasteiger partial charge in [-0.1, -0.05) is 30.3 Å². The zero-order chi connectivity index (χ0) is 14.7. The minimum atomic E-state index is -0.000623. The molecule has 1 aliphatic rings. The Morgan fingerprint density at radius 2 is 1.95 bits per heavy atom. The average molecular weight is 282 g/mol. The number of fused-ring (bicyclic) bond motifs is 1. The number of anilines is 1. The van der Waals surface area contributed by atoms with Crippen LogP contribution < -0.4 is 15.8 Å². The number of ether oxygens (including phenoxy) is 1. The zero-order valence-electron chi connectivity index (χ0n) is 11.7. The number of rotatable bonds is 4. The van der Waals surface area contributed by atoms with E-state index < -0.39 is 0 Å². The van der Waals surface area contributed by atoms with Crippen molar-refractivity contribution in [3.05, 3.63) is 59.7 Å². The van der Waals surface area contributed by atoms with Gasteiger partial charge in [0.05, 0.1) is 13.0 Å². The van der Waals surface area contributed by atoms with Gasteiger partial charge in [-0.05, 0) is 29.3 Å². The van der Waals surface area contributed by atoms with Crippen LogP contribution in [0.4, 0.5) is 5.69 Å². The molecule has 0 bridgehead atoms. The van der Waals surface area contributed by atoms with Crippen LogP contribution >= 0.6 is 0 Å². The van der Waals surface area contributed by atoms with Crippen molar-refractivity contribution in [1.29, 1.82) is 0 Å². The lowest BCUT2D eigenvalue weighted by molar-refractivity contribution is -0.120. The lowest BCUT2D eigenvalue weighted by Gasteiger charge is -2.12. The van der Waals surface area contributed by atoms with Gasteiger partial charge in [0.2, 0.25) is 5.91 Å². The summed E-state index contributed by atoms with van der Waals surface area (Å²) >= 11 is 0. The topological polar surface area (TPSA) is 64.4 Å². The molecule has 1 atom stereocenters. The van der Waals surface area contributed by atoms with E-state index in [0.717, 1.165) is 17.7 Å². The summed E-state index contributed by atoms with van der Waals surface area (Å²) in [5.74, 6) is 0.926. The van der Waals surface area contributed by atoms with Gasteiger partial charge in [0.1, 0.15) is 11.9 Å². The number of nitrogens with two attached hydrogens (primary N) is 1. The smallest absolute Gasteiger partial charge is 0.224 e. The van der Waals surface area contributed by atoms with Crippen LogP contribution in [0.2, 0.25) is 0 Å². The number of hydrogen-bond donors (Lipinski definition) is 2. The molecule has 0 saturated heterocycles. The first kappa shape index (κ1) is 13.5. The standard InChI is InChI=1S/C17H18N2O2/c18-14-7-5-12(6-8-14)9-17(20)19-11-15-10-13-3-1-2-4-16(13)21-15/h1-8,15H,9-11,18H2,(H,19,20). The fraction of sp³-hybridized carbons (Fsp3) is 0.235.